The van der Waals surface area contributed by atoms with Gasteiger partial charge in [-0.05, 0) is 12.1 Å². The molecule has 1 aromatic carbocycles. The Bertz CT molecular complexity index is 301. The maximum Gasteiger partial charge on any atom is 0.219 e. The molecule has 0 fully saturated rings. The molecule has 4 heteroatoms. The van der Waals surface area contributed by atoms with Crippen molar-refractivity contribution >= 4 is 5.91 Å². The highest BCUT2D eigenvalue weighted by molar-refractivity contribution is 5.73. The number of nitrogens with two attached hydrogens (primary N) is 1. The summed E-state index contributed by atoms with van der Waals surface area (Å²) in [6, 6.07) is 9.62. The number of primary amides is 1. The second-order valence-corrected chi connectivity index (χ2v) is 3.34. The maximum atomic E-state index is 10.4. The number of carbonyl (C=O) groups is 1. The molecule has 4 nitrogen and oxygen atoms in total. The van der Waals surface area contributed by atoms with Crippen LogP contribution >= 0.6 is 0 Å². The van der Waals surface area contributed by atoms with Crippen molar-refractivity contribution in [3.05, 3.63) is 30.3 Å². The lowest BCUT2D eigenvalue weighted by molar-refractivity contribution is -0.119. The molecule has 102 valence electrons. The molecule has 0 saturated heterocycles. The molecule has 0 aromatic heterocycles. The quantitative estimate of drug-likeness (QED) is 0.723. The third-order valence-corrected chi connectivity index (χ3v) is 1.94. The SMILES string of the molecule is CC.NC(=O)CCOCCCOc1ccccc1. The van der Waals surface area contributed by atoms with Gasteiger partial charge in [0.05, 0.1) is 13.2 Å². The molecule has 0 atom stereocenters. The van der Waals surface area contributed by atoms with Crippen LogP contribution in [0.2, 0.25) is 0 Å². The predicted molar refractivity (Wildman–Crippen MR) is 72.5 cm³/mol. The second-order valence-electron chi connectivity index (χ2n) is 3.34. The van der Waals surface area contributed by atoms with Crippen LogP contribution in [0.25, 0.3) is 0 Å². The number of hydrogen-bond donors (Lipinski definition) is 1. The number of rotatable bonds is 8. The molecule has 0 radical (unpaired) electrons. The Hall–Kier alpha value is -1.55. The van der Waals surface area contributed by atoms with E-state index in [0.717, 1.165) is 12.2 Å². The van der Waals surface area contributed by atoms with E-state index in [1.807, 2.05) is 44.2 Å². The van der Waals surface area contributed by atoms with Gasteiger partial charge in [0.2, 0.25) is 5.91 Å². The number of ether oxygens (including phenoxy) is 2. The highest BCUT2D eigenvalue weighted by Crippen LogP contribution is 2.08. The zero-order chi connectivity index (χ0) is 13.6. The smallest absolute Gasteiger partial charge is 0.219 e. The summed E-state index contributed by atoms with van der Waals surface area (Å²) in [5.74, 6) is 0.528. The first-order valence-corrected chi connectivity index (χ1v) is 6.33. The zero-order valence-electron chi connectivity index (χ0n) is 11.2. The van der Waals surface area contributed by atoms with Crippen molar-refractivity contribution in [3.8, 4) is 5.75 Å². The average molecular weight is 253 g/mol. The fourth-order valence-corrected chi connectivity index (χ4v) is 1.14. The Balaban J connectivity index is 0.00000137. The normalized spacial score (nSPS) is 9.22. The Labute approximate surface area is 109 Å². The van der Waals surface area contributed by atoms with Crippen LogP contribution in [-0.2, 0) is 9.53 Å². The van der Waals surface area contributed by atoms with Crippen molar-refractivity contribution in [2.45, 2.75) is 26.7 Å². The van der Waals surface area contributed by atoms with E-state index < -0.39 is 0 Å². The Morgan fingerprint density at radius 3 is 2.39 bits per heavy atom. The molecule has 0 saturated carbocycles. The Morgan fingerprint density at radius 2 is 1.78 bits per heavy atom. The molecule has 2 N–H and O–H groups in total. The molecule has 0 aliphatic heterocycles. The van der Waals surface area contributed by atoms with E-state index in [2.05, 4.69) is 0 Å². The van der Waals surface area contributed by atoms with E-state index in [1.165, 1.54) is 0 Å². The first kappa shape index (κ1) is 16.4. The molecular weight excluding hydrogens is 230 g/mol. The van der Waals surface area contributed by atoms with Crippen LogP contribution in [0.4, 0.5) is 0 Å². The van der Waals surface area contributed by atoms with E-state index in [9.17, 15) is 4.79 Å². The molecule has 0 bridgehead atoms. The number of hydrogen-bond acceptors (Lipinski definition) is 3. The number of carbonyl (C=O) groups excluding carboxylic acids is 1. The molecule has 1 amide bonds. The summed E-state index contributed by atoms with van der Waals surface area (Å²) < 4.78 is 10.7. The highest BCUT2D eigenvalue weighted by Gasteiger charge is 1.95. The molecule has 0 aliphatic carbocycles. The minimum atomic E-state index is -0.333. The average Bonchev–Trinajstić information content (AvgIpc) is 2.41. The van der Waals surface area contributed by atoms with Gasteiger partial charge in [-0.2, -0.15) is 0 Å². The number of para-hydroxylation sites is 1. The summed E-state index contributed by atoms with van der Waals surface area (Å²) in [5.41, 5.74) is 4.97. The zero-order valence-corrected chi connectivity index (χ0v) is 11.2. The summed E-state index contributed by atoms with van der Waals surface area (Å²) >= 11 is 0. The van der Waals surface area contributed by atoms with Crippen LogP contribution in [0.5, 0.6) is 5.75 Å². The summed E-state index contributed by atoms with van der Waals surface area (Å²) in [6.45, 7) is 5.58. The molecule has 18 heavy (non-hydrogen) atoms. The first-order chi connectivity index (χ1) is 8.79. The van der Waals surface area contributed by atoms with E-state index >= 15 is 0 Å². The summed E-state index contributed by atoms with van der Waals surface area (Å²) in [6.07, 6.45) is 1.08. The van der Waals surface area contributed by atoms with Crippen LogP contribution in [0.15, 0.2) is 30.3 Å². The highest BCUT2D eigenvalue weighted by atomic mass is 16.5. The van der Waals surface area contributed by atoms with Gasteiger partial charge < -0.3 is 15.2 Å². The van der Waals surface area contributed by atoms with E-state index in [-0.39, 0.29) is 12.3 Å². The van der Waals surface area contributed by atoms with E-state index in [1.54, 1.807) is 0 Å². The lowest BCUT2D eigenvalue weighted by Crippen LogP contribution is -2.14. The summed E-state index contributed by atoms with van der Waals surface area (Å²) in [5, 5.41) is 0. The molecular formula is C14H23NO3. The van der Waals surface area contributed by atoms with Crippen molar-refractivity contribution in [3.63, 3.8) is 0 Å². The van der Waals surface area contributed by atoms with Crippen molar-refractivity contribution in [1.82, 2.24) is 0 Å². The van der Waals surface area contributed by atoms with Gasteiger partial charge in [-0.1, -0.05) is 32.0 Å². The van der Waals surface area contributed by atoms with Gasteiger partial charge in [0.1, 0.15) is 5.75 Å². The first-order valence-electron chi connectivity index (χ1n) is 6.33. The summed E-state index contributed by atoms with van der Waals surface area (Å²) in [4.78, 5) is 10.4. The molecule has 0 aliphatic rings. The second kappa shape index (κ2) is 11.9. The summed E-state index contributed by atoms with van der Waals surface area (Å²) in [7, 11) is 0. The fraction of sp³-hybridized carbons (Fsp3) is 0.500. The van der Waals surface area contributed by atoms with Crippen LogP contribution in [0.1, 0.15) is 26.7 Å². The van der Waals surface area contributed by atoms with Crippen molar-refractivity contribution in [1.29, 1.82) is 0 Å². The Morgan fingerprint density at radius 1 is 1.11 bits per heavy atom. The van der Waals surface area contributed by atoms with Gasteiger partial charge in [-0.15, -0.1) is 0 Å². The van der Waals surface area contributed by atoms with E-state index in [4.69, 9.17) is 15.2 Å². The monoisotopic (exact) mass is 253 g/mol. The van der Waals surface area contributed by atoms with Crippen LogP contribution in [-0.4, -0.2) is 25.7 Å². The van der Waals surface area contributed by atoms with Gasteiger partial charge in [0, 0.05) is 19.4 Å². The van der Waals surface area contributed by atoms with Crippen molar-refractivity contribution in [2.24, 2.45) is 5.73 Å². The largest absolute Gasteiger partial charge is 0.494 e. The van der Waals surface area contributed by atoms with Crippen LogP contribution in [0, 0.1) is 0 Å². The maximum absolute atomic E-state index is 10.4. The lowest BCUT2D eigenvalue weighted by atomic mass is 10.3. The van der Waals surface area contributed by atoms with Crippen molar-refractivity contribution in [2.75, 3.05) is 19.8 Å². The third-order valence-electron chi connectivity index (χ3n) is 1.94. The van der Waals surface area contributed by atoms with Gasteiger partial charge >= 0.3 is 0 Å². The van der Waals surface area contributed by atoms with E-state index in [0.29, 0.717) is 19.8 Å². The standard InChI is InChI=1S/C12H17NO3.C2H6/c13-12(14)7-10-15-8-4-9-16-11-5-2-1-3-6-11;1-2/h1-3,5-6H,4,7-10H2,(H2,13,14);1-2H3. The Kier molecular flexibility index (Phi) is 10.9. The molecule has 0 unspecified atom stereocenters. The third kappa shape index (κ3) is 9.66. The fourth-order valence-electron chi connectivity index (χ4n) is 1.14. The van der Waals surface area contributed by atoms with Crippen LogP contribution in [0.3, 0.4) is 0 Å². The van der Waals surface area contributed by atoms with Crippen LogP contribution < -0.4 is 10.5 Å². The van der Waals surface area contributed by atoms with Gasteiger partial charge in [0.25, 0.3) is 0 Å². The minimum Gasteiger partial charge on any atom is -0.494 e. The molecule has 0 spiro atoms. The van der Waals surface area contributed by atoms with Gasteiger partial charge in [0.15, 0.2) is 0 Å². The topological polar surface area (TPSA) is 61.6 Å². The molecule has 0 heterocycles. The number of benzene rings is 1. The molecule has 1 rings (SSSR count). The van der Waals surface area contributed by atoms with Crippen molar-refractivity contribution < 1.29 is 14.3 Å². The number of amides is 1. The lowest BCUT2D eigenvalue weighted by Gasteiger charge is -2.06. The van der Waals surface area contributed by atoms with Gasteiger partial charge in [-0.25, -0.2) is 0 Å². The minimum absolute atomic E-state index is 0.277. The predicted octanol–water partition coefficient (Wildman–Crippen LogP) is 2.37. The molecule has 1 aromatic rings. The van der Waals surface area contributed by atoms with Gasteiger partial charge in [-0.3, -0.25) is 4.79 Å².